The van der Waals surface area contributed by atoms with Gasteiger partial charge in [0.2, 0.25) is 0 Å². The van der Waals surface area contributed by atoms with Crippen LogP contribution in [0, 0.1) is 20.8 Å². The van der Waals surface area contributed by atoms with E-state index in [9.17, 15) is 4.79 Å². The van der Waals surface area contributed by atoms with Gasteiger partial charge in [-0.15, -0.1) is 11.3 Å². The molecule has 0 bridgehead atoms. The summed E-state index contributed by atoms with van der Waals surface area (Å²) in [7, 11) is 1.91. The molecule has 0 spiro atoms. The maximum atomic E-state index is 12.8. The van der Waals surface area contributed by atoms with E-state index >= 15 is 0 Å². The van der Waals surface area contributed by atoms with Crippen molar-refractivity contribution in [3.8, 4) is 0 Å². The Morgan fingerprint density at radius 3 is 2.64 bits per heavy atom. The van der Waals surface area contributed by atoms with Crippen molar-refractivity contribution in [2.45, 2.75) is 46.7 Å². The van der Waals surface area contributed by atoms with Crippen LogP contribution in [-0.2, 0) is 13.6 Å². The first-order chi connectivity index (χ1) is 11.8. The first-order valence-corrected chi connectivity index (χ1v) is 9.36. The summed E-state index contributed by atoms with van der Waals surface area (Å²) >= 11 is 1.69. The zero-order valence-corrected chi connectivity index (χ0v) is 16.5. The number of carbonyl (C=O) groups is 1. The molecule has 0 unspecified atom stereocenters. The molecule has 0 aliphatic rings. The standard InChI is InChI=1S/C18H28N4O2S/c1-12-7-8-16(25-12)11-22(9-6-10-23)18(24)19-13(2)17-14(3)20-21(5)15(17)4/h7-8,13,23H,6,9-11H2,1-5H3,(H,19,24)/t13-/m0/s1. The number of nitrogens with one attached hydrogen (secondary N) is 1. The number of aromatic nitrogens is 2. The monoisotopic (exact) mass is 364 g/mol. The topological polar surface area (TPSA) is 70.4 Å². The largest absolute Gasteiger partial charge is 0.396 e. The summed E-state index contributed by atoms with van der Waals surface area (Å²) in [4.78, 5) is 16.9. The predicted molar refractivity (Wildman–Crippen MR) is 101 cm³/mol. The third-order valence-corrected chi connectivity index (χ3v) is 5.34. The van der Waals surface area contributed by atoms with Gasteiger partial charge in [0.1, 0.15) is 0 Å². The molecule has 0 aliphatic carbocycles. The second-order valence-corrected chi connectivity index (χ2v) is 7.76. The van der Waals surface area contributed by atoms with E-state index in [4.69, 9.17) is 5.11 Å². The smallest absolute Gasteiger partial charge is 0.318 e. The van der Waals surface area contributed by atoms with Crippen molar-refractivity contribution >= 4 is 17.4 Å². The molecule has 0 saturated heterocycles. The van der Waals surface area contributed by atoms with Crippen molar-refractivity contribution in [1.29, 1.82) is 0 Å². The lowest BCUT2D eigenvalue weighted by Crippen LogP contribution is -2.41. The van der Waals surface area contributed by atoms with E-state index in [2.05, 4.69) is 29.5 Å². The maximum Gasteiger partial charge on any atom is 0.318 e. The number of urea groups is 1. The molecule has 0 aromatic carbocycles. The molecule has 0 fully saturated rings. The highest BCUT2D eigenvalue weighted by atomic mass is 32.1. The Hall–Kier alpha value is -1.86. The number of hydrogen-bond acceptors (Lipinski definition) is 4. The molecule has 0 saturated carbocycles. The van der Waals surface area contributed by atoms with Gasteiger partial charge in [0.25, 0.3) is 0 Å². The molecule has 7 heteroatoms. The van der Waals surface area contributed by atoms with Gasteiger partial charge in [-0.3, -0.25) is 4.68 Å². The summed E-state index contributed by atoms with van der Waals surface area (Å²) < 4.78 is 1.84. The maximum absolute atomic E-state index is 12.8. The molecular weight excluding hydrogens is 336 g/mol. The van der Waals surface area contributed by atoms with Crippen LogP contribution in [0.3, 0.4) is 0 Å². The molecule has 0 aliphatic heterocycles. The Morgan fingerprint density at radius 2 is 2.12 bits per heavy atom. The molecule has 2 aromatic rings. The van der Waals surface area contributed by atoms with Gasteiger partial charge in [-0.2, -0.15) is 5.10 Å². The first-order valence-electron chi connectivity index (χ1n) is 8.55. The Morgan fingerprint density at radius 1 is 1.40 bits per heavy atom. The van der Waals surface area contributed by atoms with Gasteiger partial charge in [-0.1, -0.05) is 0 Å². The number of aryl methyl sites for hydroxylation is 3. The van der Waals surface area contributed by atoms with Crippen LogP contribution in [0.5, 0.6) is 0 Å². The number of thiophene rings is 1. The highest BCUT2D eigenvalue weighted by Crippen LogP contribution is 2.22. The second kappa shape index (κ2) is 8.49. The van der Waals surface area contributed by atoms with Crippen molar-refractivity contribution < 1.29 is 9.90 Å². The molecule has 2 N–H and O–H groups in total. The number of aliphatic hydroxyl groups excluding tert-OH is 1. The number of nitrogens with zero attached hydrogens (tertiary/aromatic N) is 3. The number of aliphatic hydroxyl groups is 1. The number of hydrogen-bond donors (Lipinski definition) is 2. The van der Waals surface area contributed by atoms with E-state index in [1.54, 1.807) is 16.2 Å². The Labute approximate surface area is 153 Å². The van der Waals surface area contributed by atoms with Gasteiger partial charge in [-0.05, 0) is 46.2 Å². The minimum absolute atomic E-state index is 0.0730. The zero-order valence-electron chi connectivity index (χ0n) is 15.7. The van der Waals surface area contributed by atoms with Crippen molar-refractivity contribution in [3.05, 3.63) is 38.8 Å². The Kier molecular flexibility index (Phi) is 6.61. The minimum atomic E-state index is -0.122. The van der Waals surface area contributed by atoms with Gasteiger partial charge in [0, 0.05) is 41.2 Å². The van der Waals surface area contributed by atoms with E-state index < -0.39 is 0 Å². The van der Waals surface area contributed by atoms with Crippen LogP contribution in [0.1, 0.15) is 46.1 Å². The van der Waals surface area contributed by atoms with Crippen LogP contribution in [-0.4, -0.2) is 39.0 Å². The summed E-state index contributed by atoms with van der Waals surface area (Å²) in [6.45, 7) is 9.17. The highest BCUT2D eigenvalue weighted by molar-refractivity contribution is 7.11. The normalized spacial score (nSPS) is 12.2. The second-order valence-electron chi connectivity index (χ2n) is 6.39. The Balaban J connectivity index is 2.09. The quantitative estimate of drug-likeness (QED) is 0.793. The fraction of sp³-hybridized carbons (Fsp3) is 0.556. The van der Waals surface area contributed by atoms with Crippen LogP contribution < -0.4 is 5.32 Å². The lowest BCUT2D eigenvalue weighted by Gasteiger charge is -2.25. The molecule has 6 nitrogen and oxygen atoms in total. The number of carbonyl (C=O) groups excluding carboxylic acids is 1. The van der Waals surface area contributed by atoms with Crippen molar-refractivity contribution in [2.24, 2.45) is 7.05 Å². The van der Waals surface area contributed by atoms with Crippen molar-refractivity contribution in [1.82, 2.24) is 20.0 Å². The fourth-order valence-corrected chi connectivity index (χ4v) is 3.94. The van der Waals surface area contributed by atoms with Gasteiger partial charge in [0.05, 0.1) is 18.3 Å². The van der Waals surface area contributed by atoms with Gasteiger partial charge < -0.3 is 15.3 Å². The molecule has 2 aromatic heterocycles. The van der Waals surface area contributed by atoms with Crippen LogP contribution in [0.25, 0.3) is 0 Å². The van der Waals surface area contributed by atoms with Crippen LogP contribution in [0.15, 0.2) is 12.1 Å². The van der Waals surface area contributed by atoms with Gasteiger partial charge in [-0.25, -0.2) is 4.79 Å². The van der Waals surface area contributed by atoms with Gasteiger partial charge in [0.15, 0.2) is 0 Å². The summed E-state index contributed by atoms with van der Waals surface area (Å²) in [5, 5.41) is 16.6. The van der Waals surface area contributed by atoms with Gasteiger partial charge >= 0.3 is 6.03 Å². The molecule has 2 heterocycles. The number of amides is 2. The summed E-state index contributed by atoms with van der Waals surface area (Å²) in [6.07, 6.45) is 0.567. The SMILES string of the molecule is Cc1ccc(CN(CCCO)C(=O)N[C@@H](C)c2c(C)nn(C)c2C)s1. The van der Waals surface area contributed by atoms with Crippen LogP contribution >= 0.6 is 11.3 Å². The predicted octanol–water partition coefficient (Wildman–Crippen LogP) is 3.06. The molecule has 2 rings (SSSR count). The lowest BCUT2D eigenvalue weighted by atomic mass is 10.1. The molecule has 25 heavy (non-hydrogen) atoms. The summed E-state index contributed by atoms with van der Waals surface area (Å²) in [6, 6.07) is 3.88. The molecule has 2 amide bonds. The minimum Gasteiger partial charge on any atom is -0.396 e. The molecule has 1 atom stereocenters. The summed E-state index contributed by atoms with van der Waals surface area (Å²) in [5.74, 6) is 0. The average molecular weight is 365 g/mol. The number of rotatable bonds is 7. The third-order valence-electron chi connectivity index (χ3n) is 4.35. The average Bonchev–Trinajstić information content (AvgIpc) is 3.06. The lowest BCUT2D eigenvalue weighted by molar-refractivity contribution is 0.184. The van der Waals surface area contributed by atoms with E-state index in [1.807, 2.05) is 32.5 Å². The summed E-state index contributed by atoms with van der Waals surface area (Å²) in [5.41, 5.74) is 3.05. The Bertz CT molecular complexity index is 723. The van der Waals surface area contributed by atoms with Crippen LogP contribution in [0.4, 0.5) is 4.79 Å². The van der Waals surface area contributed by atoms with E-state index in [0.29, 0.717) is 19.5 Å². The third kappa shape index (κ3) is 4.83. The van der Waals surface area contributed by atoms with Crippen molar-refractivity contribution in [2.75, 3.05) is 13.2 Å². The molecule has 0 radical (unpaired) electrons. The van der Waals surface area contributed by atoms with E-state index in [-0.39, 0.29) is 18.7 Å². The zero-order chi connectivity index (χ0) is 18.6. The molecule has 138 valence electrons. The van der Waals surface area contributed by atoms with Crippen molar-refractivity contribution in [3.63, 3.8) is 0 Å². The van der Waals surface area contributed by atoms with E-state index in [1.165, 1.54) is 4.88 Å². The first kappa shape index (κ1) is 19.5. The fourth-order valence-electron chi connectivity index (χ4n) is 3.04. The highest BCUT2D eigenvalue weighted by Gasteiger charge is 2.21. The van der Waals surface area contributed by atoms with Crippen LogP contribution in [0.2, 0.25) is 0 Å². The molecular formula is C18H28N4O2S. The van der Waals surface area contributed by atoms with E-state index in [0.717, 1.165) is 21.8 Å².